The fourth-order valence-electron chi connectivity index (χ4n) is 4.01. The second kappa shape index (κ2) is 10.3. The Labute approximate surface area is 206 Å². The van der Waals surface area contributed by atoms with E-state index < -0.39 is 41.6 Å². The van der Waals surface area contributed by atoms with E-state index in [0.29, 0.717) is 11.6 Å². The lowest BCUT2D eigenvalue weighted by atomic mass is 10.0. The fraction of sp³-hybridized carbons (Fsp3) is 0.400. The topological polar surface area (TPSA) is 143 Å². The Morgan fingerprint density at radius 2 is 1.89 bits per heavy atom. The number of aromatic amines is 1. The summed E-state index contributed by atoms with van der Waals surface area (Å²) < 4.78 is 22.8. The van der Waals surface area contributed by atoms with E-state index in [2.05, 4.69) is 24.0 Å². The Bertz CT molecular complexity index is 1370. The number of H-pyrrole nitrogens is 1. The van der Waals surface area contributed by atoms with E-state index in [-0.39, 0.29) is 24.4 Å². The molecule has 0 amide bonds. The third-order valence-corrected chi connectivity index (χ3v) is 5.88. The lowest BCUT2D eigenvalue weighted by Gasteiger charge is -2.17. The van der Waals surface area contributed by atoms with Crippen LogP contribution in [0.4, 0.5) is 0 Å². The molecule has 1 aromatic carbocycles. The average Bonchev–Trinajstić information content (AvgIpc) is 3.45. The van der Waals surface area contributed by atoms with Crippen molar-refractivity contribution < 1.29 is 28.3 Å². The van der Waals surface area contributed by atoms with Crippen LogP contribution in [0.1, 0.15) is 51.8 Å². The molecule has 3 heterocycles. The maximum Gasteiger partial charge on any atom is 0.330 e. The zero-order chi connectivity index (χ0) is 26.0. The van der Waals surface area contributed by atoms with Gasteiger partial charge >= 0.3 is 17.6 Å². The Balaban J connectivity index is 1.62. The number of carbonyl (C=O) groups excluding carboxylic acids is 2. The molecule has 2 aromatic heterocycles. The van der Waals surface area contributed by atoms with Crippen LogP contribution in [0.15, 0.2) is 50.6 Å². The summed E-state index contributed by atoms with van der Waals surface area (Å²) in [5, 5.41) is 4.07. The second-order valence-electron chi connectivity index (χ2n) is 8.88. The third-order valence-electron chi connectivity index (χ3n) is 5.88. The number of nitrogens with zero attached hydrogens (tertiary/aromatic N) is 2. The smallest absolute Gasteiger partial charge is 0.330 e. The summed E-state index contributed by atoms with van der Waals surface area (Å²) in [5.41, 5.74) is 1.24. The molecule has 0 radical (unpaired) electrons. The summed E-state index contributed by atoms with van der Waals surface area (Å²) in [6, 6.07) is 9.47. The van der Waals surface area contributed by atoms with E-state index in [1.807, 2.05) is 24.3 Å². The first-order valence-corrected chi connectivity index (χ1v) is 11.5. The molecule has 0 spiro atoms. The maximum absolute atomic E-state index is 12.6. The van der Waals surface area contributed by atoms with Gasteiger partial charge in [-0.2, -0.15) is 0 Å². The Hall–Kier alpha value is -3.99. The molecule has 1 fully saturated rings. The number of aromatic nitrogens is 3. The van der Waals surface area contributed by atoms with E-state index in [1.165, 1.54) is 30.2 Å². The minimum absolute atomic E-state index is 0.0724. The number of hydrogen-bond donors (Lipinski definition) is 1. The molecular weight excluding hydrogens is 470 g/mol. The van der Waals surface area contributed by atoms with Crippen molar-refractivity contribution in [2.45, 2.75) is 58.5 Å². The zero-order valence-electron chi connectivity index (χ0n) is 20.3. The molecule has 11 heteroatoms. The van der Waals surface area contributed by atoms with E-state index >= 15 is 0 Å². The molecule has 11 nitrogen and oxygen atoms in total. The molecule has 190 valence electrons. The van der Waals surface area contributed by atoms with Crippen molar-refractivity contribution in [3.8, 4) is 22.6 Å². The molecule has 36 heavy (non-hydrogen) atoms. The molecule has 0 aliphatic carbocycles. The highest BCUT2D eigenvalue weighted by Crippen LogP contribution is 2.31. The van der Waals surface area contributed by atoms with Gasteiger partial charge in [0.25, 0.3) is 5.56 Å². The third kappa shape index (κ3) is 5.46. The normalized spacial score (nSPS) is 19.4. The molecule has 0 unspecified atom stereocenters. The molecule has 1 aliphatic rings. The van der Waals surface area contributed by atoms with Gasteiger partial charge in [0, 0.05) is 38.1 Å². The van der Waals surface area contributed by atoms with Gasteiger partial charge in [0.15, 0.2) is 5.76 Å². The van der Waals surface area contributed by atoms with Crippen LogP contribution in [-0.2, 0) is 23.8 Å². The summed E-state index contributed by atoms with van der Waals surface area (Å²) in [6.07, 6.45) is -0.989. The lowest BCUT2D eigenvalue weighted by Crippen LogP contribution is -2.33. The molecular formula is C25H27N3O8. The van der Waals surface area contributed by atoms with Crippen molar-refractivity contribution in [2.75, 3.05) is 6.61 Å². The average molecular weight is 498 g/mol. The Kier molecular flexibility index (Phi) is 7.20. The molecule has 1 aliphatic heterocycles. The van der Waals surface area contributed by atoms with Crippen LogP contribution in [0.2, 0.25) is 0 Å². The van der Waals surface area contributed by atoms with Crippen molar-refractivity contribution >= 4 is 11.9 Å². The number of esters is 2. The predicted octanol–water partition coefficient (Wildman–Crippen LogP) is 2.76. The van der Waals surface area contributed by atoms with E-state index in [4.69, 9.17) is 18.7 Å². The van der Waals surface area contributed by atoms with Gasteiger partial charge in [0.05, 0.1) is 0 Å². The van der Waals surface area contributed by atoms with Crippen LogP contribution in [0.5, 0.6) is 0 Å². The first-order chi connectivity index (χ1) is 17.1. The molecule has 1 N–H and O–H groups in total. The molecule has 3 atom stereocenters. The Morgan fingerprint density at radius 3 is 2.53 bits per heavy atom. The zero-order valence-corrected chi connectivity index (χ0v) is 20.3. The molecule has 0 saturated carbocycles. The van der Waals surface area contributed by atoms with Gasteiger partial charge in [0.1, 0.15) is 36.3 Å². The minimum Gasteiger partial charge on any atom is -0.463 e. The van der Waals surface area contributed by atoms with Gasteiger partial charge in [0.2, 0.25) is 0 Å². The van der Waals surface area contributed by atoms with Crippen molar-refractivity contribution in [2.24, 2.45) is 0 Å². The summed E-state index contributed by atoms with van der Waals surface area (Å²) in [4.78, 5) is 50.2. The summed E-state index contributed by atoms with van der Waals surface area (Å²) in [6.45, 7) is 6.54. The fourth-order valence-corrected chi connectivity index (χ4v) is 4.01. The van der Waals surface area contributed by atoms with Crippen LogP contribution in [0.3, 0.4) is 0 Å². The highest BCUT2D eigenvalue weighted by molar-refractivity contribution is 5.67. The van der Waals surface area contributed by atoms with Crippen molar-refractivity contribution in [3.05, 3.63) is 62.9 Å². The first kappa shape index (κ1) is 25.1. The highest BCUT2D eigenvalue weighted by Gasteiger charge is 2.40. The lowest BCUT2D eigenvalue weighted by molar-refractivity contribution is -0.155. The molecule has 4 rings (SSSR count). The first-order valence-electron chi connectivity index (χ1n) is 11.5. The molecule has 3 aromatic rings. The van der Waals surface area contributed by atoms with Gasteiger partial charge < -0.3 is 18.7 Å². The summed E-state index contributed by atoms with van der Waals surface area (Å²) in [7, 11) is 0. The van der Waals surface area contributed by atoms with Crippen LogP contribution >= 0.6 is 0 Å². The van der Waals surface area contributed by atoms with Gasteiger partial charge in [-0.25, -0.2) is 4.79 Å². The Morgan fingerprint density at radius 1 is 1.17 bits per heavy atom. The van der Waals surface area contributed by atoms with Crippen LogP contribution in [-0.4, -0.2) is 45.5 Å². The highest BCUT2D eigenvalue weighted by atomic mass is 16.6. The van der Waals surface area contributed by atoms with Crippen LogP contribution in [0, 0.1) is 0 Å². The number of carbonyl (C=O) groups is 2. The minimum atomic E-state index is -0.885. The van der Waals surface area contributed by atoms with Crippen molar-refractivity contribution in [1.82, 2.24) is 14.7 Å². The SMILES string of the molecule is CC(=O)OC[C@H]1O[C@@H](n2cc(-c3cc(-c4ccc(C(C)C)cc4)no3)c(=O)[nH]c2=O)C[C@@H]1OC(C)=O. The van der Waals surface area contributed by atoms with Crippen molar-refractivity contribution in [3.63, 3.8) is 0 Å². The van der Waals surface area contributed by atoms with Gasteiger partial charge in [-0.15, -0.1) is 0 Å². The van der Waals surface area contributed by atoms with E-state index in [1.54, 1.807) is 6.07 Å². The van der Waals surface area contributed by atoms with Crippen LogP contribution < -0.4 is 11.2 Å². The predicted molar refractivity (Wildman–Crippen MR) is 127 cm³/mol. The quantitative estimate of drug-likeness (QED) is 0.487. The van der Waals surface area contributed by atoms with Crippen molar-refractivity contribution in [1.29, 1.82) is 0 Å². The standard InChI is InChI=1S/C25H27N3O8/c1-13(2)16-5-7-17(8-6-16)19-9-20(36-27-19)18-11-28(25(32)26-24(18)31)23-10-21(34-15(4)30)22(35-23)12-33-14(3)29/h5-9,11,13,21-23H,10,12H2,1-4H3,(H,26,31,32)/t21-,22+,23+/m0/s1. The largest absolute Gasteiger partial charge is 0.463 e. The monoisotopic (exact) mass is 497 g/mol. The molecule has 1 saturated heterocycles. The van der Waals surface area contributed by atoms with Gasteiger partial charge in [-0.3, -0.25) is 23.9 Å². The number of rotatable bonds is 7. The number of hydrogen-bond acceptors (Lipinski definition) is 9. The number of ether oxygens (including phenoxy) is 3. The van der Waals surface area contributed by atoms with Gasteiger partial charge in [-0.1, -0.05) is 43.3 Å². The maximum atomic E-state index is 12.6. The molecule has 0 bridgehead atoms. The summed E-state index contributed by atoms with van der Waals surface area (Å²) >= 11 is 0. The van der Waals surface area contributed by atoms with E-state index in [9.17, 15) is 19.2 Å². The second-order valence-corrected chi connectivity index (χ2v) is 8.88. The van der Waals surface area contributed by atoms with E-state index in [0.717, 1.165) is 5.56 Å². The van der Waals surface area contributed by atoms with Crippen LogP contribution in [0.25, 0.3) is 22.6 Å². The van der Waals surface area contributed by atoms with Gasteiger partial charge in [-0.05, 0) is 11.5 Å². The number of nitrogens with one attached hydrogen (secondary N) is 1. The summed E-state index contributed by atoms with van der Waals surface area (Å²) in [5.74, 6) is -0.508. The number of benzene rings is 1.